The molecule has 0 bridgehead atoms. The predicted octanol–water partition coefficient (Wildman–Crippen LogP) is 2.00. The number of hydrogen-bond acceptors (Lipinski definition) is 4. The smallest absolute Gasteiger partial charge is 0.344 e. The van der Waals surface area contributed by atoms with E-state index in [2.05, 4.69) is 0 Å². The zero-order chi connectivity index (χ0) is 13.0. The second-order valence-corrected chi connectivity index (χ2v) is 4.36. The summed E-state index contributed by atoms with van der Waals surface area (Å²) in [4.78, 5) is 11.2. The van der Waals surface area contributed by atoms with Crippen LogP contribution in [-0.4, -0.2) is 24.3 Å². The van der Waals surface area contributed by atoms with Crippen molar-refractivity contribution in [2.75, 3.05) is 13.2 Å². The number of ether oxygens (including phenoxy) is 2. The molecule has 1 aliphatic carbocycles. The quantitative estimate of drug-likeness (QED) is 0.830. The van der Waals surface area contributed by atoms with Crippen LogP contribution in [0.1, 0.15) is 37.0 Å². The summed E-state index contributed by atoms with van der Waals surface area (Å²) in [6, 6.07) is 5.60. The van der Waals surface area contributed by atoms with E-state index in [1.807, 2.05) is 18.2 Å². The molecule has 0 spiro atoms. The van der Waals surface area contributed by atoms with Crippen molar-refractivity contribution in [3.05, 3.63) is 29.3 Å². The summed E-state index contributed by atoms with van der Waals surface area (Å²) in [6.45, 7) is 2.01. The van der Waals surface area contributed by atoms with Gasteiger partial charge in [-0.1, -0.05) is 6.07 Å². The number of hydrogen-bond donors (Lipinski definition) is 1. The Hall–Kier alpha value is -1.55. The van der Waals surface area contributed by atoms with Crippen LogP contribution >= 0.6 is 0 Å². The van der Waals surface area contributed by atoms with E-state index in [-0.39, 0.29) is 12.6 Å². The maximum absolute atomic E-state index is 11.2. The van der Waals surface area contributed by atoms with Gasteiger partial charge < -0.3 is 14.6 Å². The van der Waals surface area contributed by atoms with Crippen LogP contribution in [0.2, 0.25) is 0 Å². The number of aliphatic hydroxyl groups is 1. The van der Waals surface area contributed by atoms with E-state index in [9.17, 15) is 9.90 Å². The molecule has 1 aliphatic rings. The average molecular weight is 250 g/mol. The summed E-state index contributed by atoms with van der Waals surface area (Å²) in [6.07, 6.45) is 2.37. The lowest BCUT2D eigenvalue weighted by Gasteiger charge is -2.21. The molecule has 4 nitrogen and oxygen atoms in total. The largest absolute Gasteiger partial charge is 0.482 e. The minimum absolute atomic E-state index is 0.0945. The Morgan fingerprint density at radius 1 is 1.50 bits per heavy atom. The first-order chi connectivity index (χ1) is 8.70. The third kappa shape index (κ3) is 3.01. The molecule has 0 amide bonds. The number of aryl methyl sites for hydroxylation is 1. The fourth-order valence-corrected chi connectivity index (χ4v) is 2.19. The molecule has 0 aromatic heterocycles. The minimum atomic E-state index is -0.417. The molecule has 98 valence electrons. The van der Waals surface area contributed by atoms with Crippen molar-refractivity contribution in [1.82, 2.24) is 0 Å². The van der Waals surface area contributed by atoms with Gasteiger partial charge in [0.05, 0.1) is 12.7 Å². The fourth-order valence-electron chi connectivity index (χ4n) is 2.19. The molecule has 2 rings (SSSR count). The molecule has 1 unspecified atom stereocenters. The molecular weight excluding hydrogens is 232 g/mol. The van der Waals surface area contributed by atoms with Crippen molar-refractivity contribution in [3.63, 3.8) is 0 Å². The Morgan fingerprint density at radius 3 is 3.11 bits per heavy atom. The molecule has 0 saturated heterocycles. The van der Waals surface area contributed by atoms with Crippen molar-refractivity contribution < 1.29 is 19.4 Å². The molecular formula is C14H18O4. The topological polar surface area (TPSA) is 55.8 Å². The summed E-state index contributed by atoms with van der Waals surface area (Å²) < 4.78 is 10.1. The van der Waals surface area contributed by atoms with Gasteiger partial charge in [-0.15, -0.1) is 0 Å². The first-order valence-corrected chi connectivity index (χ1v) is 6.30. The van der Waals surface area contributed by atoms with Crippen LogP contribution in [0.3, 0.4) is 0 Å². The van der Waals surface area contributed by atoms with E-state index < -0.39 is 6.10 Å². The van der Waals surface area contributed by atoms with Crippen molar-refractivity contribution in [2.24, 2.45) is 0 Å². The van der Waals surface area contributed by atoms with E-state index in [1.54, 1.807) is 6.92 Å². The van der Waals surface area contributed by atoms with Gasteiger partial charge in [-0.05, 0) is 49.4 Å². The van der Waals surface area contributed by atoms with Gasteiger partial charge in [0.2, 0.25) is 0 Å². The predicted molar refractivity (Wildman–Crippen MR) is 66.5 cm³/mol. The molecule has 0 aliphatic heterocycles. The van der Waals surface area contributed by atoms with E-state index in [4.69, 9.17) is 9.47 Å². The van der Waals surface area contributed by atoms with Crippen LogP contribution < -0.4 is 4.74 Å². The van der Waals surface area contributed by atoms with Crippen LogP contribution in [-0.2, 0) is 16.0 Å². The van der Waals surface area contributed by atoms with E-state index >= 15 is 0 Å². The Kier molecular flexibility index (Phi) is 4.20. The summed E-state index contributed by atoms with van der Waals surface area (Å²) in [5.41, 5.74) is 2.08. The SMILES string of the molecule is CCOC(=O)COc1ccc2c(c1)C(O)CCC2. The van der Waals surface area contributed by atoms with Crippen LogP contribution in [0, 0.1) is 0 Å². The molecule has 0 heterocycles. The molecule has 4 heteroatoms. The number of carbonyl (C=O) groups is 1. The molecule has 1 N–H and O–H groups in total. The van der Waals surface area contributed by atoms with Crippen LogP contribution in [0.15, 0.2) is 18.2 Å². The summed E-state index contributed by atoms with van der Waals surface area (Å²) >= 11 is 0. The van der Waals surface area contributed by atoms with Gasteiger partial charge in [-0.2, -0.15) is 0 Å². The van der Waals surface area contributed by atoms with Crippen LogP contribution in [0.4, 0.5) is 0 Å². The number of benzene rings is 1. The Bertz CT molecular complexity index is 428. The van der Waals surface area contributed by atoms with Crippen LogP contribution in [0.25, 0.3) is 0 Å². The molecule has 0 saturated carbocycles. The second-order valence-electron chi connectivity index (χ2n) is 4.36. The highest BCUT2D eigenvalue weighted by molar-refractivity contribution is 5.71. The molecule has 0 fully saturated rings. The van der Waals surface area contributed by atoms with E-state index in [0.717, 1.165) is 30.4 Å². The highest BCUT2D eigenvalue weighted by Gasteiger charge is 2.18. The third-order valence-corrected chi connectivity index (χ3v) is 3.06. The van der Waals surface area contributed by atoms with Gasteiger partial charge >= 0.3 is 5.97 Å². The van der Waals surface area contributed by atoms with Crippen molar-refractivity contribution >= 4 is 5.97 Å². The minimum Gasteiger partial charge on any atom is -0.482 e. The number of aliphatic hydroxyl groups excluding tert-OH is 1. The standard InChI is InChI=1S/C14H18O4/c1-2-17-14(16)9-18-11-7-6-10-4-3-5-13(15)12(10)8-11/h6-8,13,15H,2-5,9H2,1H3. The van der Waals surface area contributed by atoms with Gasteiger partial charge in [0, 0.05) is 0 Å². The van der Waals surface area contributed by atoms with E-state index in [0.29, 0.717) is 12.4 Å². The van der Waals surface area contributed by atoms with Gasteiger partial charge in [0.1, 0.15) is 5.75 Å². The summed E-state index contributed by atoms with van der Waals surface area (Å²) in [7, 11) is 0. The zero-order valence-corrected chi connectivity index (χ0v) is 10.5. The number of carbonyl (C=O) groups excluding carboxylic acids is 1. The second kappa shape index (κ2) is 5.87. The van der Waals surface area contributed by atoms with E-state index in [1.165, 1.54) is 0 Å². The first kappa shape index (κ1) is 12.9. The highest BCUT2D eigenvalue weighted by Crippen LogP contribution is 2.32. The zero-order valence-electron chi connectivity index (χ0n) is 10.5. The van der Waals surface area contributed by atoms with Gasteiger partial charge in [-0.3, -0.25) is 0 Å². The van der Waals surface area contributed by atoms with Crippen LogP contribution in [0.5, 0.6) is 5.75 Å². The summed E-state index contributed by atoms with van der Waals surface area (Å²) in [5.74, 6) is 0.221. The molecule has 1 atom stereocenters. The number of esters is 1. The molecule has 1 aromatic rings. The molecule has 18 heavy (non-hydrogen) atoms. The first-order valence-electron chi connectivity index (χ1n) is 6.30. The lowest BCUT2D eigenvalue weighted by atomic mass is 9.89. The highest BCUT2D eigenvalue weighted by atomic mass is 16.6. The third-order valence-electron chi connectivity index (χ3n) is 3.06. The van der Waals surface area contributed by atoms with Crippen molar-refractivity contribution in [2.45, 2.75) is 32.3 Å². The fraction of sp³-hybridized carbons (Fsp3) is 0.500. The molecule has 1 aromatic carbocycles. The monoisotopic (exact) mass is 250 g/mol. The number of rotatable bonds is 4. The van der Waals surface area contributed by atoms with Crippen molar-refractivity contribution in [1.29, 1.82) is 0 Å². The number of fused-ring (bicyclic) bond motifs is 1. The Labute approximate surface area is 107 Å². The van der Waals surface area contributed by atoms with Gasteiger partial charge in [-0.25, -0.2) is 4.79 Å². The lowest BCUT2D eigenvalue weighted by molar-refractivity contribution is -0.145. The van der Waals surface area contributed by atoms with Gasteiger partial charge in [0.15, 0.2) is 6.61 Å². The van der Waals surface area contributed by atoms with Crippen molar-refractivity contribution in [3.8, 4) is 5.75 Å². The maximum atomic E-state index is 11.2. The Morgan fingerprint density at radius 2 is 2.33 bits per heavy atom. The molecule has 0 radical (unpaired) electrons. The maximum Gasteiger partial charge on any atom is 0.344 e. The van der Waals surface area contributed by atoms with Gasteiger partial charge in [0.25, 0.3) is 0 Å². The summed E-state index contributed by atoms with van der Waals surface area (Å²) in [5, 5.41) is 9.90. The Balaban J connectivity index is 2.02. The lowest BCUT2D eigenvalue weighted by Crippen LogP contribution is -2.15. The normalized spacial score (nSPS) is 18.0. The average Bonchev–Trinajstić information content (AvgIpc) is 2.37.